The number of hydrogen-bond acceptors (Lipinski definition) is 2. The topological polar surface area (TPSA) is 38.3 Å². The van der Waals surface area contributed by atoms with Gasteiger partial charge in [0.05, 0.1) is 6.61 Å². The van der Waals surface area contributed by atoms with Crippen LogP contribution in [0.4, 0.5) is 0 Å². The highest BCUT2D eigenvalue weighted by Crippen LogP contribution is 2.17. The summed E-state index contributed by atoms with van der Waals surface area (Å²) in [5.41, 5.74) is -0.510. The molecule has 0 aliphatic carbocycles. The summed E-state index contributed by atoms with van der Waals surface area (Å²) in [6.07, 6.45) is 8.08. The van der Waals surface area contributed by atoms with Crippen LogP contribution >= 0.6 is 15.9 Å². The number of hydrogen-bond donors (Lipinski definition) is 1. The van der Waals surface area contributed by atoms with E-state index >= 15 is 0 Å². The van der Waals surface area contributed by atoms with Gasteiger partial charge in [-0.25, -0.2) is 0 Å². The summed E-state index contributed by atoms with van der Waals surface area (Å²) in [7, 11) is 0. The Hall–Kier alpha value is -1.47. The predicted molar refractivity (Wildman–Crippen MR) is 89.2 cm³/mol. The molecule has 1 aromatic rings. The van der Waals surface area contributed by atoms with Crippen LogP contribution in [0.15, 0.2) is 28.7 Å². The Balaban J connectivity index is 2.31. The van der Waals surface area contributed by atoms with Crippen LogP contribution < -0.4 is 10.1 Å². The van der Waals surface area contributed by atoms with E-state index in [4.69, 9.17) is 11.2 Å². The highest BCUT2D eigenvalue weighted by Gasteiger charge is 2.24. The Morgan fingerprint density at radius 3 is 2.48 bits per heavy atom. The second kappa shape index (κ2) is 8.74. The van der Waals surface area contributed by atoms with Crippen LogP contribution in [0, 0.1) is 12.3 Å². The third kappa shape index (κ3) is 5.81. The van der Waals surface area contributed by atoms with Crippen molar-refractivity contribution in [3.05, 3.63) is 28.7 Å². The first-order chi connectivity index (χ1) is 10.0. The van der Waals surface area contributed by atoms with Gasteiger partial charge in [-0.05, 0) is 43.5 Å². The van der Waals surface area contributed by atoms with Crippen LogP contribution in [0.5, 0.6) is 5.75 Å². The smallest absolute Gasteiger partial charge is 0.221 e. The highest BCUT2D eigenvalue weighted by molar-refractivity contribution is 9.10. The lowest BCUT2D eigenvalue weighted by molar-refractivity contribution is -0.122. The van der Waals surface area contributed by atoms with E-state index in [1.807, 2.05) is 38.1 Å². The van der Waals surface area contributed by atoms with Gasteiger partial charge >= 0.3 is 0 Å². The third-order valence-corrected chi connectivity index (χ3v) is 4.02. The van der Waals surface area contributed by atoms with Crippen molar-refractivity contribution in [3.63, 3.8) is 0 Å². The molecule has 0 atom stereocenters. The molecule has 0 spiro atoms. The third-order valence-electron chi connectivity index (χ3n) is 3.49. The van der Waals surface area contributed by atoms with Crippen molar-refractivity contribution in [2.24, 2.45) is 0 Å². The lowest BCUT2D eigenvalue weighted by Crippen LogP contribution is -2.46. The number of rotatable bonds is 8. The lowest BCUT2D eigenvalue weighted by Gasteiger charge is -2.27. The van der Waals surface area contributed by atoms with E-state index in [0.717, 1.165) is 23.1 Å². The van der Waals surface area contributed by atoms with Crippen LogP contribution in [0.1, 0.15) is 39.5 Å². The van der Waals surface area contributed by atoms with E-state index in [0.29, 0.717) is 19.4 Å². The maximum Gasteiger partial charge on any atom is 0.221 e. The summed E-state index contributed by atoms with van der Waals surface area (Å²) in [5, 5.41) is 2.95. The normalized spacial score (nSPS) is 10.8. The Labute approximate surface area is 135 Å². The number of benzene rings is 1. The monoisotopic (exact) mass is 351 g/mol. The van der Waals surface area contributed by atoms with Crippen LogP contribution in [-0.2, 0) is 4.79 Å². The van der Waals surface area contributed by atoms with E-state index in [1.165, 1.54) is 0 Å². The van der Waals surface area contributed by atoms with E-state index in [2.05, 4.69) is 27.2 Å². The second-order valence-corrected chi connectivity index (χ2v) is 5.80. The predicted octanol–water partition coefficient (Wildman–Crippen LogP) is 3.92. The Bertz CT molecular complexity index is 487. The average molecular weight is 352 g/mol. The minimum absolute atomic E-state index is 0.0175. The quantitative estimate of drug-likeness (QED) is 0.569. The summed E-state index contributed by atoms with van der Waals surface area (Å²) < 4.78 is 6.59. The number of terminal acetylenes is 1. The lowest BCUT2D eigenvalue weighted by atomic mass is 9.93. The zero-order valence-electron chi connectivity index (χ0n) is 12.6. The van der Waals surface area contributed by atoms with Crippen molar-refractivity contribution in [2.45, 2.75) is 45.1 Å². The molecule has 4 heteroatoms. The molecular weight excluding hydrogens is 330 g/mol. The molecule has 0 heterocycles. The van der Waals surface area contributed by atoms with Gasteiger partial charge in [0.25, 0.3) is 0 Å². The minimum atomic E-state index is -0.510. The zero-order chi connectivity index (χ0) is 15.7. The van der Waals surface area contributed by atoms with Crippen LogP contribution in [-0.4, -0.2) is 18.1 Å². The van der Waals surface area contributed by atoms with Crippen molar-refractivity contribution >= 4 is 21.8 Å². The maximum absolute atomic E-state index is 11.9. The Kier molecular flexibility index (Phi) is 7.31. The number of carbonyl (C=O) groups is 1. The fourth-order valence-electron chi connectivity index (χ4n) is 1.95. The first kappa shape index (κ1) is 17.6. The van der Waals surface area contributed by atoms with Gasteiger partial charge in [-0.15, -0.1) is 6.42 Å². The van der Waals surface area contributed by atoms with Crippen molar-refractivity contribution in [1.82, 2.24) is 5.32 Å². The summed E-state index contributed by atoms with van der Waals surface area (Å²) in [6, 6.07) is 7.63. The van der Waals surface area contributed by atoms with Gasteiger partial charge in [0.1, 0.15) is 11.3 Å². The molecule has 1 amide bonds. The molecule has 21 heavy (non-hydrogen) atoms. The van der Waals surface area contributed by atoms with E-state index < -0.39 is 5.54 Å². The van der Waals surface area contributed by atoms with E-state index in [9.17, 15) is 4.79 Å². The summed E-state index contributed by atoms with van der Waals surface area (Å²) in [6.45, 7) is 4.48. The molecule has 3 nitrogen and oxygen atoms in total. The van der Waals surface area contributed by atoms with Gasteiger partial charge < -0.3 is 10.1 Å². The van der Waals surface area contributed by atoms with E-state index in [-0.39, 0.29) is 5.91 Å². The fourth-order valence-corrected chi connectivity index (χ4v) is 2.21. The number of amides is 1. The number of carbonyl (C=O) groups excluding carboxylic acids is 1. The van der Waals surface area contributed by atoms with Crippen LogP contribution in [0.25, 0.3) is 0 Å². The second-order valence-electron chi connectivity index (χ2n) is 4.89. The van der Waals surface area contributed by atoms with Crippen LogP contribution in [0.2, 0.25) is 0 Å². The largest absolute Gasteiger partial charge is 0.494 e. The SMILES string of the molecule is C#CC(CC)(CC)NC(=O)CCCOc1ccc(Br)cc1. The highest BCUT2D eigenvalue weighted by atomic mass is 79.9. The van der Waals surface area contributed by atoms with Crippen LogP contribution in [0.3, 0.4) is 0 Å². The number of ether oxygens (including phenoxy) is 1. The molecule has 0 aliphatic rings. The standard InChI is InChI=1S/C17H22BrNO2/c1-4-17(5-2,6-3)19-16(20)8-7-13-21-15-11-9-14(18)10-12-15/h1,9-12H,5-8,13H2,2-3H3,(H,19,20). The van der Waals surface area contributed by atoms with Gasteiger partial charge in [-0.3, -0.25) is 4.79 Å². The Morgan fingerprint density at radius 1 is 1.33 bits per heavy atom. The molecule has 0 saturated carbocycles. The Morgan fingerprint density at radius 2 is 1.95 bits per heavy atom. The van der Waals surface area contributed by atoms with Gasteiger partial charge in [-0.2, -0.15) is 0 Å². The summed E-state index contributed by atoms with van der Waals surface area (Å²) >= 11 is 3.37. The molecule has 0 unspecified atom stereocenters. The molecule has 0 fully saturated rings. The fraction of sp³-hybridized carbons (Fsp3) is 0.471. The molecular formula is C17H22BrNO2. The van der Waals surface area contributed by atoms with Gasteiger partial charge in [-0.1, -0.05) is 35.7 Å². The molecule has 114 valence electrons. The molecule has 0 aromatic heterocycles. The molecule has 0 saturated heterocycles. The van der Waals surface area contributed by atoms with Crippen molar-refractivity contribution in [3.8, 4) is 18.1 Å². The molecule has 1 rings (SSSR count). The molecule has 1 aromatic carbocycles. The molecule has 0 bridgehead atoms. The molecule has 0 radical (unpaired) electrons. The van der Waals surface area contributed by atoms with Gasteiger partial charge in [0.15, 0.2) is 0 Å². The van der Waals surface area contributed by atoms with Gasteiger partial charge in [0.2, 0.25) is 5.91 Å². The number of halogens is 1. The number of nitrogens with one attached hydrogen (secondary N) is 1. The molecule has 0 aliphatic heterocycles. The van der Waals surface area contributed by atoms with Crippen molar-refractivity contribution in [1.29, 1.82) is 0 Å². The first-order valence-corrected chi connectivity index (χ1v) is 8.01. The molecule has 1 N–H and O–H groups in total. The van der Waals surface area contributed by atoms with E-state index in [1.54, 1.807) is 0 Å². The average Bonchev–Trinajstić information content (AvgIpc) is 2.51. The van der Waals surface area contributed by atoms with Crippen molar-refractivity contribution < 1.29 is 9.53 Å². The van der Waals surface area contributed by atoms with Gasteiger partial charge in [0, 0.05) is 10.9 Å². The maximum atomic E-state index is 11.9. The minimum Gasteiger partial charge on any atom is -0.494 e. The summed E-state index contributed by atoms with van der Waals surface area (Å²) in [4.78, 5) is 11.9. The zero-order valence-corrected chi connectivity index (χ0v) is 14.2. The first-order valence-electron chi connectivity index (χ1n) is 7.22. The van der Waals surface area contributed by atoms with Crippen molar-refractivity contribution in [2.75, 3.05) is 6.61 Å². The summed E-state index contributed by atoms with van der Waals surface area (Å²) in [5.74, 6) is 3.49.